The second kappa shape index (κ2) is 7.82. The minimum atomic E-state index is -1.51. The third kappa shape index (κ3) is 3.83. The predicted octanol–water partition coefficient (Wildman–Crippen LogP) is 3.18. The van der Waals surface area contributed by atoms with Crippen molar-refractivity contribution in [2.75, 3.05) is 22.6 Å². The van der Waals surface area contributed by atoms with E-state index in [0.29, 0.717) is 36.0 Å². The molecule has 1 aliphatic heterocycles. The van der Waals surface area contributed by atoms with E-state index in [1.807, 2.05) is 25.8 Å². The van der Waals surface area contributed by atoms with Crippen molar-refractivity contribution >= 4 is 17.5 Å². The number of hydrogen-bond donors (Lipinski definition) is 3. The third-order valence-corrected chi connectivity index (χ3v) is 5.74. The number of aliphatic hydroxyl groups excluding tert-OH is 1. The van der Waals surface area contributed by atoms with Crippen LogP contribution in [-0.2, 0) is 0 Å². The lowest BCUT2D eigenvalue weighted by Crippen LogP contribution is -2.48. The molecule has 1 fully saturated rings. The summed E-state index contributed by atoms with van der Waals surface area (Å²) in [4.78, 5) is 11.0. The zero-order valence-electron chi connectivity index (χ0n) is 16.9. The van der Waals surface area contributed by atoms with E-state index in [4.69, 9.17) is 4.74 Å². The number of rotatable bonds is 4. The van der Waals surface area contributed by atoms with Crippen molar-refractivity contribution < 1.29 is 23.0 Å². The lowest BCUT2D eigenvalue weighted by atomic mass is 10.1. The molecule has 7 nitrogen and oxygen atoms in total. The molecule has 162 valence electrons. The van der Waals surface area contributed by atoms with E-state index in [9.17, 15) is 18.3 Å². The van der Waals surface area contributed by atoms with E-state index in [-0.39, 0.29) is 23.9 Å². The lowest BCUT2D eigenvalue weighted by molar-refractivity contribution is 0.172. The maximum absolute atomic E-state index is 13.4. The zero-order chi connectivity index (χ0) is 21.6. The van der Waals surface area contributed by atoms with Gasteiger partial charge >= 0.3 is 0 Å². The highest BCUT2D eigenvalue weighted by Gasteiger charge is 2.32. The molecular formula is C20H24F3N5O2. The van der Waals surface area contributed by atoms with E-state index in [1.54, 1.807) is 0 Å². The van der Waals surface area contributed by atoms with Crippen LogP contribution in [0.15, 0.2) is 12.1 Å². The van der Waals surface area contributed by atoms with E-state index < -0.39 is 23.7 Å². The Kier molecular flexibility index (Phi) is 5.35. The molecule has 30 heavy (non-hydrogen) atoms. The topological polar surface area (TPSA) is 82.5 Å². The molecular weight excluding hydrogens is 399 g/mol. The van der Waals surface area contributed by atoms with E-state index in [1.165, 1.54) is 0 Å². The van der Waals surface area contributed by atoms with Gasteiger partial charge in [-0.3, -0.25) is 0 Å². The molecule has 1 unspecified atom stereocenters. The minimum absolute atomic E-state index is 0.0208. The Morgan fingerprint density at radius 3 is 2.60 bits per heavy atom. The van der Waals surface area contributed by atoms with Crippen LogP contribution in [-0.4, -0.2) is 46.5 Å². The molecule has 1 aromatic carbocycles. The number of hydrogen-bond acceptors (Lipinski definition) is 7. The summed E-state index contributed by atoms with van der Waals surface area (Å²) in [6.07, 6.45) is 1.05. The number of nitrogens with one attached hydrogen (secondary N) is 2. The van der Waals surface area contributed by atoms with Gasteiger partial charge in [0.2, 0.25) is 5.95 Å². The molecule has 2 heterocycles. The third-order valence-electron chi connectivity index (χ3n) is 5.74. The van der Waals surface area contributed by atoms with E-state index in [2.05, 4.69) is 20.6 Å². The summed E-state index contributed by atoms with van der Waals surface area (Å²) in [6.45, 7) is 3.73. The quantitative estimate of drug-likeness (QED) is 0.652. The summed E-state index contributed by atoms with van der Waals surface area (Å²) >= 11 is 0. The average Bonchev–Trinajstić information content (AvgIpc) is 3.12. The number of anilines is 3. The fourth-order valence-electron chi connectivity index (χ4n) is 3.87. The fraction of sp³-hybridized carbons (Fsp3) is 0.500. The first kappa shape index (κ1) is 20.5. The fourth-order valence-corrected chi connectivity index (χ4v) is 3.87. The van der Waals surface area contributed by atoms with Crippen LogP contribution in [0.25, 0.3) is 0 Å². The van der Waals surface area contributed by atoms with Gasteiger partial charge in [-0.25, -0.2) is 18.2 Å². The second-order valence-corrected chi connectivity index (χ2v) is 7.87. The molecule has 0 amide bonds. The van der Waals surface area contributed by atoms with E-state index in [0.717, 1.165) is 18.6 Å². The Hall–Kier alpha value is -2.75. The van der Waals surface area contributed by atoms with Gasteiger partial charge in [0.05, 0.1) is 11.7 Å². The van der Waals surface area contributed by atoms with Crippen LogP contribution in [0.5, 0.6) is 5.75 Å². The molecule has 0 saturated heterocycles. The standard InChI is InChI=1S/C20H24F3N5O2/c1-9-17-18(28(3)10(2)19(29)26-17)27-20(24-9)25-11-4-5-12(6-11)30-13-7-14(21)16(23)15(22)8-13/h7-8,10-12,19,26,29H,4-6H2,1-3H3,(H,24,25,27)/t10-,11-,12-,19?/m0/s1. The molecule has 2 aromatic rings. The van der Waals surface area contributed by atoms with Gasteiger partial charge in [0, 0.05) is 31.6 Å². The van der Waals surface area contributed by atoms with Gasteiger partial charge in [-0.05, 0) is 26.7 Å². The van der Waals surface area contributed by atoms with Crippen LogP contribution in [0.3, 0.4) is 0 Å². The first-order valence-electron chi connectivity index (χ1n) is 9.86. The van der Waals surface area contributed by atoms with Crippen LogP contribution in [0, 0.1) is 24.4 Å². The van der Waals surface area contributed by atoms with Crippen LogP contribution < -0.4 is 20.3 Å². The largest absolute Gasteiger partial charge is 0.490 e. The van der Waals surface area contributed by atoms with Crippen molar-refractivity contribution in [3.8, 4) is 5.75 Å². The molecule has 0 bridgehead atoms. The number of nitrogens with zero attached hydrogens (tertiary/aromatic N) is 3. The summed E-state index contributed by atoms with van der Waals surface area (Å²) in [5.74, 6) is -2.91. The molecule has 1 aliphatic carbocycles. The first-order chi connectivity index (χ1) is 14.2. The Bertz CT molecular complexity index is 937. The van der Waals surface area contributed by atoms with Crippen molar-refractivity contribution in [1.29, 1.82) is 0 Å². The molecule has 1 aromatic heterocycles. The monoisotopic (exact) mass is 423 g/mol. The Morgan fingerprint density at radius 1 is 1.20 bits per heavy atom. The number of aromatic nitrogens is 2. The summed E-state index contributed by atoms with van der Waals surface area (Å²) in [5.41, 5.74) is 1.41. The highest BCUT2D eigenvalue weighted by atomic mass is 19.2. The Morgan fingerprint density at radius 2 is 1.90 bits per heavy atom. The minimum Gasteiger partial charge on any atom is -0.490 e. The number of fused-ring (bicyclic) bond motifs is 1. The highest BCUT2D eigenvalue weighted by molar-refractivity contribution is 5.72. The smallest absolute Gasteiger partial charge is 0.225 e. The number of aliphatic hydroxyl groups is 1. The van der Waals surface area contributed by atoms with Gasteiger partial charge in [-0.1, -0.05) is 0 Å². The van der Waals surface area contributed by atoms with Crippen LogP contribution in [0.2, 0.25) is 0 Å². The molecule has 4 atom stereocenters. The van der Waals surface area contributed by atoms with Crippen molar-refractivity contribution in [2.24, 2.45) is 0 Å². The first-order valence-corrected chi connectivity index (χ1v) is 9.86. The molecule has 4 rings (SSSR count). The molecule has 1 saturated carbocycles. The van der Waals surface area contributed by atoms with Crippen LogP contribution >= 0.6 is 0 Å². The molecule has 0 radical (unpaired) electrons. The summed E-state index contributed by atoms with van der Waals surface area (Å²) in [7, 11) is 1.87. The van der Waals surface area contributed by atoms with E-state index >= 15 is 0 Å². The molecule has 2 aliphatic rings. The average molecular weight is 423 g/mol. The molecule has 0 spiro atoms. The number of likely N-dealkylation sites (N-methyl/N-ethyl adjacent to an activating group) is 1. The van der Waals surface area contributed by atoms with Gasteiger partial charge in [0.1, 0.15) is 23.8 Å². The number of halogens is 3. The normalized spacial score (nSPS) is 25.6. The van der Waals surface area contributed by atoms with Crippen LogP contribution in [0.4, 0.5) is 30.6 Å². The summed E-state index contributed by atoms with van der Waals surface area (Å²) in [5, 5.41) is 16.4. The van der Waals surface area contributed by atoms with Gasteiger partial charge in [-0.2, -0.15) is 4.98 Å². The number of benzene rings is 1. The highest BCUT2D eigenvalue weighted by Crippen LogP contribution is 2.34. The van der Waals surface area contributed by atoms with Crippen molar-refractivity contribution in [2.45, 2.75) is 57.5 Å². The number of aryl methyl sites for hydroxylation is 1. The van der Waals surface area contributed by atoms with Crippen molar-refractivity contribution in [1.82, 2.24) is 9.97 Å². The zero-order valence-corrected chi connectivity index (χ0v) is 16.9. The van der Waals surface area contributed by atoms with Crippen molar-refractivity contribution in [3.05, 3.63) is 35.3 Å². The van der Waals surface area contributed by atoms with Gasteiger partial charge < -0.3 is 25.4 Å². The number of ether oxygens (including phenoxy) is 1. The summed E-state index contributed by atoms with van der Waals surface area (Å²) in [6, 6.07) is 1.58. The Labute approximate surface area is 172 Å². The molecule has 10 heteroatoms. The van der Waals surface area contributed by atoms with Gasteiger partial charge in [0.25, 0.3) is 0 Å². The van der Waals surface area contributed by atoms with Crippen molar-refractivity contribution in [3.63, 3.8) is 0 Å². The predicted molar refractivity (Wildman–Crippen MR) is 106 cm³/mol. The SMILES string of the molecule is Cc1nc(N[C@H]2CC[C@H](Oc3cc(F)c(F)c(F)c3)C2)nc2c1NC(O)[C@H](C)N2C. The van der Waals surface area contributed by atoms with Gasteiger partial charge in [-0.15, -0.1) is 0 Å². The lowest BCUT2D eigenvalue weighted by Gasteiger charge is -2.37. The maximum atomic E-state index is 13.4. The Balaban J connectivity index is 1.43. The maximum Gasteiger partial charge on any atom is 0.225 e. The van der Waals surface area contributed by atoms with Crippen LogP contribution in [0.1, 0.15) is 31.9 Å². The second-order valence-electron chi connectivity index (χ2n) is 7.87. The van der Waals surface area contributed by atoms with Gasteiger partial charge in [0.15, 0.2) is 23.3 Å². The summed E-state index contributed by atoms with van der Waals surface area (Å²) < 4.78 is 45.5. The molecule has 3 N–H and O–H groups in total.